The Kier molecular flexibility index (Phi) is 3.68. The van der Waals surface area contributed by atoms with Gasteiger partial charge in [-0.3, -0.25) is 0 Å². The molecule has 1 aliphatic heterocycles. The highest BCUT2D eigenvalue weighted by molar-refractivity contribution is 5.63. The van der Waals surface area contributed by atoms with E-state index in [1.54, 1.807) is 13.2 Å². The number of ether oxygens (including phenoxy) is 1. The summed E-state index contributed by atoms with van der Waals surface area (Å²) in [6.07, 6.45) is 1.13. The number of nitrogen functional groups attached to an aromatic ring is 1. The molecular weight excluding hydrogens is 216 g/mol. The summed E-state index contributed by atoms with van der Waals surface area (Å²) >= 11 is 0. The molecule has 2 N–H and O–H groups in total. The van der Waals surface area contributed by atoms with E-state index in [1.807, 2.05) is 6.07 Å². The minimum absolute atomic E-state index is 0.617. The molecule has 0 aromatic carbocycles. The van der Waals surface area contributed by atoms with Gasteiger partial charge in [-0.2, -0.15) is 4.98 Å². The van der Waals surface area contributed by atoms with E-state index < -0.39 is 0 Å². The maximum Gasteiger partial charge on any atom is 0.215 e. The van der Waals surface area contributed by atoms with Gasteiger partial charge in [0.15, 0.2) is 5.82 Å². The third-order valence-corrected chi connectivity index (χ3v) is 3.11. The number of aromatic nitrogens is 1. The number of nitrogens with zero attached hydrogens (tertiary/aromatic N) is 3. The molecule has 2 heterocycles. The number of nitrogens with two attached hydrogens (primary N) is 1. The first-order valence-corrected chi connectivity index (χ1v) is 5.94. The Hall–Kier alpha value is -1.49. The van der Waals surface area contributed by atoms with E-state index >= 15 is 0 Å². The molecule has 1 saturated heterocycles. The summed E-state index contributed by atoms with van der Waals surface area (Å²) in [5.41, 5.74) is 6.71. The van der Waals surface area contributed by atoms with Gasteiger partial charge in [-0.15, -0.1) is 0 Å². The molecule has 0 amide bonds. The van der Waals surface area contributed by atoms with Gasteiger partial charge in [0.2, 0.25) is 5.88 Å². The predicted octanol–water partition coefficient (Wildman–Crippen LogP) is 0.814. The molecule has 1 aliphatic rings. The van der Waals surface area contributed by atoms with Crippen LogP contribution in [0, 0.1) is 0 Å². The Labute approximate surface area is 102 Å². The van der Waals surface area contributed by atoms with Crippen molar-refractivity contribution in [1.82, 2.24) is 9.88 Å². The molecule has 17 heavy (non-hydrogen) atoms. The van der Waals surface area contributed by atoms with Gasteiger partial charge in [-0.1, -0.05) is 0 Å². The number of anilines is 2. The normalized spacial score (nSPS) is 17.9. The lowest BCUT2D eigenvalue weighted by molar-refractivity contribution is 0.360. The number of hydrogen-bond donors (Lipinski definition) is 1. The minimum atomic E-state index is 0.617. The second kappa shape index (κ2) is 5.23. The molecule has 94 valence electrons. The molecule has 0 bridgehead atoms. The van der Waals surface area contributed by atoms with E-state index in [0.29, 0.717) is 5.88 Å². The SMILES string of the molecule is COc1ccc(N)c(N2CCCN(C)CC2)n1. The van der Waals surface area contributed by atoms with Crippen molar-refractivity contribution in [3.63, 3.8) is 0 Å². The van der Waals surface area contributed by atoms with E-state index in [1.165, 1.54) is 0 Å². The number of likely N-dealkylation sites (N-methyl/N-ethyl adjacent to an activating group) is 1. The summed E-state index contributed by atoms with van der Waals surface area (Å²) in [6.45, 7) is 4.12. The lowest BCUT2D eigenvalue weighted by Crippen LogP contribution is -2.30. The lowest BCUT2D eigenvalue weighted by Gasteiger charge is -2.23. The molecule has 0 spiro atoms. The summed E-state index contributed by atoms with van der Waals surface area (Å²) in [4.78, 5) is 9.01. The van der Waals surface area contributed by atoms with Crippen molar-refractivity contribution in [2.24, 2.45) is 0 Å². The summed E-state index contributed by atoms with van der Waals surface area (Å²) in [6, 6.07) is 3.65. The monoisotopic (exact) mass is 236 g/mol. The Morgan fingerprint density at radius 3 is 2.82 bits per heavy atom. The Morgan fingerprint density at radius 2 is 2.06 bits per heavy atom. The zero-order valence-corrected chi connectivity index (χ0v) is 10.5. The van der Waals surface area contributed by atoms with Crippen molar-refractivity contribution in [2.75, 3.05) is 51.0 Å². The molecule has 1 fully saturated rings. The standard InChI is InChI=1S/C12H20N4O/c1-15-6-3-7-16(9-8-15)12-10(13)4-5-11(14-12)17-2/h4-5H,3,6-9,13H2,1-2H3. The molecule has 5 nitrogen and oxygen atoms in total. The van der Waals surface area contributed by atoms with Gasteiger partial charge in [-0.05, 0) is 26.1 Å². The summed E-state index contributed by atoms with van der Waals surface area (Å²) in [5, 5.41) is 0. The van der Waals surface area contributed by atoms with Gasteiger partial charge in [0.05, 0.1) is 12.8 Å². The van der Waals surface area contributed by atoms with E-state index in [-0.39, 0.29) is 0 Å². The van der Waals surface area contributed by atoms with E-state index in [4.69, 9.17) is 10.5 Å². The van der Waals surface area contributed by atoms with Crippen LogP contribution in [0.2, 0.25) is 0 Å². The van der Waals surface area contributed by atoms with Gasteiger partial charge in [-0.25, -0.2) is 0 Å². The molecule has 1 aromatic heterocycles. The molecule has 0 saturated carbocycles. The van der Waals surface area contributed by atoms with Crippen LogP contribution in [-0.2, 0) is 0 Å². The van der Waals surface area contributed by atoms with Crippen LogP contribution in [0.4, 0.5) is 11.5 Å². The van der Waals surface area contributed by atoms with Crippen LogP contribution in [0.5, 0.6) is 5.88 Å². The summed E-state index contributed by atoms with van der Waals surface area (Å²) in [5.74, 6) is 1.46. The molecule has 0 aliphatic carbocycles. The fourth-order valence-corrected chi connectivity index (χ4v) is 2.07. The first-order chi connectivity index (χ1) is 8.20. The highest BCUT2D eigenvalue weighted by Gasteiger charge is 2.16. The van der Waals surface area contributed by atoms with Crippen LogP contribution in [0.25, 0.3) is 0 Å². The van der Waals surface area contributed by atoms with Crippen molar-refractivity contribution >= 4 is 11.5 Å². The summed E-state index contributed by atoms with van der Waals surface area (Å²) < 4.78 is 5.15. The Morgan fingerprint density at radius 1 is 1.24 bits per heavy atom. The first-order valence-electron chi connectivity index (χ1n) is 5.94. The Balaban J connectivity index is 2.20. The third kappa shape index (κ3) is 2.79. The average molecular weight is 236 g/mol. The van der Waals surface area contributed by atoms with Crippen LogP contribution in [-0.4, -0.2) is 50.2 Å². The molecule has 1 aromatic rings. The predicted molar refractivity (Wildman–Crippen MR) is 69.5 cm³/mol. The Bertz CT molecular complexity index is 383. The topological polar surface area (TPSA) is 54.6 Å². The van der Waals surface area contributed by atoms with Crippen molar-refractivity contribution in [3.8, 4) is 5.88 Å². The maximum atomic E-state index is 5.99. The molecule has 0 atom stereocenters. The van der Waals surface area contributed by atoms with Crippen LogP contribution in [0.3, 0.4) is 0 Å². The number of hydrogen-bond acceptors (Lipinski definition) is 5. The highest BCUT2D eigenvalue weighted by atomic mass is 16.5. The van der Waals surface area contributed by atoms with E-state index in [0.717, 1.165) is 44.1 Å². The second-order valence-corrected chi connectivity index (χ2v) is 4.41. The molecule has 0 unspecified atom stereocenters. The van der Waals surface area contributed by atoms with Crippen molar-refractivity contribution in [3.05, 3.63) is 12.1 Å². The van der Waals surface area contributed by atoms with Gasteiger partial charge in [0.25, 0.3) is 0 Å². The van der Waals surface area contributed by atoms with Crippen LogP contribution in [0.1, 0.15) is 6.42 Å². The quantitative estimate of drug-likeness (QED) is 0.823. The second-order valence-electron chi connectivity index (χ2n) is 4.41. The number of methoxy groups -OCH3 is 1. The maximum absolute atomic E-state index is 5.99. The average Bonchev–Trinajstić information content (AvgIpc) is 2.55. The van der Waals surface area contributed by atoms with Gasteiger partial charge in [0, 0.05) is 25.7 Å². The highest BCUT2D eigenvalue weighted by Crippen LogP contribution is 2.24. The van der Waals surface area contributed by atoms with E-state index in [2.05, 4.69) is 21.8 Å². The smallest absolute Gasteiger partial charge is 0.215 e. The number of pyridine rings is 1. The summed E-state index contributed by atoms with van der Waals surface area (Å²) in [7, 11) is 3.77. The zero-order chi connectivity index (χ0) is 12.3. The first kappa shape index (κ1) is 12.0. The van der Waals surface area contributed by atoms with Crippen molar-refractivity contribution in [1.29, 1.82) is 0 Å². The van der Waals surface area contributed by atoms with Gasteiger partial charge < -0.3 is 20.3 Å². The fourth-order valence-electron chi connectivity index (χ4n) is 2.07. The third-order valence-electron chi connectivity index (χ3n) is 3.11. The van der Waals surface area contributed by atoms with Crippen LogP contribution in [0.15, 0.2) is 12.1 Å². The molecular formula is C12H20N4O. The number of rotatable bonds is 2. The van der Waals surface area contributed by atoms with E-state index in [9.17, 15) is 0 Å². The lowest BCUT2D eigenvalue weighted by atomic mass is 10.3. The fraction of sp³-hybridized carbons (Fsp3) is 0.583. The van der Waals surface area contributed by atoms with Crippen molar-refractivity contribution in [2.45, 2.75) is 6.42 Å². The van der Waals surface area contributed by atoms with Gasteiger partial charge >= 0.3 is 0 Å². The zero-order valence-electron chi connectivity index (χ0n) is 10.5. The van der Waals surface area contributed by atoms with Crippen molar-refractivity contribution < 1.29 is 4.74 Å². The largest absolute Gasteiger partial charge is 0.481 e. The molecule has 5 heteroatoms. The minimum Gasteiger partial charge on any atom is -0.481 e. The molecule has 2 rings (SSSR count). The van der Waals surface area contributed by atoms with Crippen LogP contribution >= 0.6 is 0 Å². The van der Waals surface area contributed by atoms with Crippen LogP contribution < -0.4 is 15.4 Å². The molecule has 0 radical (unpaired) electrons. The van der Waals surface area contributed by atoms with Gasteiger partial charge in [0.1, 0.15) is 0 Å².